The highest BCUT2D eigenvalue weighted by Crippen LogP contribution is 2.29. The van der Waals surface area contributed by atoms with Crippen LogP contribution in [0.4, 0.5) is 0 Å². The summed E-state index contributed by atoms with van der Waals surface area (Å²) in [4.78, 5) is 14.1. The van der Waals surface area contributed by atoms with Crippen molar-refractivity contribution >= 4 is 34.2 Å². The van der Waals surface area contributed by atoms with Crippen molar-refractivity contribution in [1.82, 2.24) is 19.8 Å². The van der Waals surface area contributed by atoms with Crippen molar-refractivity contribution in [2.45, 2.75) is 38.6 Å². The fourth-order valence-electron chi connectivity index (χ4n) is 2.58. The van der Waals surface area contributed by atoms with Gasteiger partial charge in [-0.1, -0.05) is 32.4 Å². The molecule has 1 unspecified atom stereocenters. The van der Waals surface area contributed by atoms with Gasteiger partial charge in [0.25, 0.3) is 0 Å². The lowest BCUT2D eigenvalue weighted by molar-refractivity contribution is 0.113. The number of hydrogen-bond donors (Lipinski definition) is 0. The van der Waals surface area contributed by atoms with Crippen LogP contribution in [0.5, 0.6) is 0 Å². The van der Waals surface area contributed by atoms with Crippen molar-refractivity contribution in [3.05, 3.63) is 20.2 Å². The fraction of sp³-hybridized carbons (Fsp3) is 0.733. The predicted molar refractivity (Wildman–Crippen MR) is 96.1 cm³/mol. The van der Waals surface area contributed by atoms with Crippen LogP contribution in [0.25, 0.3) is 0 Å². The van der Waals surface area contributed by atoms with E-state index in [1.165, 1.54) is 0 Å². The van der Waals surface area contributed by atoms with E-state index in [1.54, 1.807) is 0 Å². The summed E-state index contributed by atoms with van der Waals surface area (Å²) in [5.41, 5.74) is 1.03. The van der Waals surface area contributed by atoms with Gasteiger partial charge in [-0.25, -0.2) is 9.97 Å². The molecule has 2 rings (SSSR count). The molecule has 0 bridgehead atoms. The Kier molecular flexibility index (Phi) is 5.50. The maximum absolute atomic E-state index is 6.33. The summed E-state index contributed by atoms with van der Waals surface area (Å²) in [6.45, 7) is 9.75. The molecule has 1 atom stereocenters. The van der Waals surface area contributed by atoms with Gasteiger partial charge < -0.3 is 9.80 Å². The maximum Gasteiger partial charge on any atom is 0.146 e. The number of hydrogen-bond acceptors (Lipinski definition) is 4. The average molecular weight is 423 g/mol. The largest absolute Gasteiger partial charge is 0.304 e. The van der Waals surface area contributed by atoms with E-state index in [0.717, 1.165) is 41.1 Å². The van der Waals surface area contributed by atoms with Crippen LogP contribution in [0.15, 0.2) is 0 Å². The Labute approximate surface area is 146 Å². The third-order valence-corrected chi connectivity index (χ3v) is 5.58. The summed E-state index contributed by atoms with van der Waals surface area (Å²) in [7, 11) is 4.35. The molecule has 1 aliphatic rings. The lowest BCUT2D eigenvalue weighted by Gasteiger charge is -2.37. The highest BCUT2D eigenvalue weighted by atomic mass is 127. The van der Waals surface area contributed by atoms with Crippen molar-refractivity contribution in [3.8, 4) is 0 Å². The Morgan fingerprint density at radius 3 is 2.52 bits per heavy atom. The summed E-state index contributed by atoms with van der Waals surface area (Å²) in [5, 5.41) is 0.581. The van der Waals surface area contributed by atoms with Crippen molar-refractivity contribution in [1.29, 1.82) is 0 Å². The number of halogens is 2. The van der Waals surface area contributed by atoms with Crippen molar-refractivity contribution in [2.24, 2.45) is 0 Å². The van der Waals surface area contributed by atoms with E-state index < -0.39 is 0 Å². The number of piperazine rings is 1. The van der Waals surface area contributed by atoms with E-state index in [-0.39, 0.29) is 5.41 Å². The highest BCUT2D eigenvalue weighted by Gasteiger charge is 2.26. The first-order valence-electron chi connectivity index (χ1n) is 7.29. The molecule has 1 aromatic rings. The van der Waals surface area contributed by atoms with Crippen molar-refractivity contribution < 1.29 is 0 Å². The third kappa shape index (κ3) is 4.27. The van der Waals surface area contributed by atoms with Gasteiger partial charge >= 0.3 is 0 Å². The van der Waals surface area contributed by atoms with Gasteiger partial charge in [-0.05, 0) is 36.7 Å². The first-order chi connectivity index (χ1) is 9.68. The van der Waals surface area contributed by atoms with Crippen LogP contribution in [0.3, 0.4) is 0 Å². The molecular formula is C15H24ClIN4. The monoisotopic (exact) mass is 422 g/mol. The van der Waals surface area contributed by atoms with Gasteiger partial charge in [-0.3, -0.25) is 0 Å². The molecule has 4 nitrogen and oxygen atoms in total. The van der Waals surface area contributed by atoms with Gasteiger partial charge in [0, 0.05) is 37.5 Å². The lowest BCUT2D eigenvalue weighted by atomic mass is 9.92. The molecular weight excluding hydrogens is 399 g/mol. The van der Waals surface area contributed by atoms with Gasteiger partial charge in [0.15, 0.2) is 0 Å². The van der Waals surface area contributed by atoms with Crippen LogP contribution < -0.4 is 0 Å². The van der Waals surface area contributed by atoms with E-state index in [9.17, 15) is 0 Å². The molecule has 0 saturated carbocycles. The smallest absolute Gasteiger partial charge is 0.146 e. The van der Waals surface area contributed by atoms with Crippen LogP contribution in [0.1, 0.15) is 32.3 Å². The highest BCUT2D eigenvalue weighted by molar-refractivity contribution is 14.1. The molecule has 0 N–H and O–H groups in total. The lowest BCUT2D eigenvalue weighted by Crippen LogP contribution is -2.51. The molecule has 0 radical (unpaired) electrons. The summed E-state index contributed by atoms with van der Waals surface area (Å²) in [5.74, 6) is 0.859. The Bertz CT molecular complexity index is 515. The molecule has 2 heterocycles. The second-order valence-electron chi connectivity index (χ2n) is 6.94. The van der Waals surface area contributed by atoms with Crippen LogP contribution in [0.2, 0.25) is 5.15 Å². The minimum Gasteiger partial charge on any atom is -0.304 e. The molecule has 1 saturated heterocycles. The fourth-order valence-corrected chi connectivity index (χ4v) is 3.82. The second kappa shape index (κ2) is 6.64. The molecule has 0 amide bonds. The number of nitrogens with zero attached hydrogens (tertiary/aromatic N) is 4. The van der Waals surface area contributed by atoms with Gasteiger partial charge in [0.1, 0.15) is 11.0 Å². The van der Waals surface area contributed by atoms with Crippen LogP contribution >= 0.6 is 34.2 Å². The quantitative estimate of drug-likeness (QED) is 0.542. The van der Waals surface area contributed by atoms with Crippen LogP contribution in [-0.4, -0.2) is 59.5 Å². The third-order valence-electron chi connectivity index (χ3n) is 3.97. The normalized spacial score (nSPS) is 21.8. The summed E-state index contributed by atoms with van der Waals surface area (Å²) >= 11 is 8.57. The zero-order valence-corrected chi connectivity index (χ0v) is 16.4. The number of likely N-dealkylation sites (N-methyl/N-ethyl adjacent to an activating group) is 2. The molecule has 0 spiro atoms. The minimum absolute atomic E-state index is 0.0207. The van der Waals surface area contributed by atoms with E-state index in [4.69, 9.17) is 16.6 Å². The van der Waals surface area contributed by atoms with Gasteiger partial charge in [0.05, 0.1) is 9.26 Å². The predicted octanol–water partition coefficient (Wildman–Crippen LogP) is 2.82. The zero-order chi connectivity index (χ0) is 15.8. The Hall–Kier alpha value is 0.0200. The van der Waals surface area contributed by atoms with E-state index in [1.807, 2.05) is 0 Å². The average Bonchev–Trinajstić information content (AvgIpc) is 2.36. The molecule has 6 heteroatoms. The zero-order valence-electron chi connectivity index (χ0n) is 13.5. The SMILES string of the molecule is CN1CCN(C)C(Cc2nc(Cl)c(I)c(C(C)(C)C)n2)C1. The molecule has 1 aromatic heterocycles. The maximum atomic E-state index is 6.33. The Morgan fingerprint density at radius 2 is 1.90 bits per heavy atom. The molecule has 0 aromatic carbocycles. The number of rotatable bonds is 2. The Balaban J connectivity index is 2.26. The van der Waals surface area contributed by atoms with E-state index in [2.05, 4.69) is 72.2 Å². The standard InChI is InChI=1S/C15H24ClIN4/c1-15(2,3)13-12(17)14(16)19-11(18-13)8-10-9-20(4)6-7-21(10)5/h10H,6-9H2,1-5H3. The van der Waals surface area contributed by atoms with Gasteiger partial charge in [-0.2, -0.15) is 0 Å². The van der Waals surface area contributed by atoms with Gasteiger partial charge in [-0.15, -0.1) is 0 Å². The minimum atomic E-state index is -0.0207. The second-order valence-corrected chi connectivity index (χ2v) is 8.38. The molecule has 118 valence electrons. The van der Waals surface area contributed by atoms with Crippen LogP contribution in [-0.2, 0) is 11.8 Å². The molecule has 0 aliphatic carbocycles. The first kappa shape index (κ1) is 17.4. The molecule has 1 fully saturated rings. The van der Waals surface area contributed by atoms with Crippen molar-refractivity contribution in [3.63, 3.8) is 0 Å². The van der Waals surface area contributed by atoms with Crippen LogP contribution in [0, 0.1) is 3.57 Å². The topological polar surface area (TPSA) is 32.3 Å². The van der Waals surface area contributed by atoms with E-state index >= 15 is 0 Å². The number of aromatic nitrogens is 2. The Morgan fingerprint density at radius 1 is 1.24 bits per heavy atom. The van der Waals surface area contributed by atoms with E-state index in [0.29, 0.717) is 11.2 Å². The first-order valence-corrected chi connectivity index (χ1v) is 8.75. The molecule has 21 heavy (non-hydrogen) atoms. The van der Waals surface area contributed by atoms with Gasteiger partial charge in [0.2, 0.25) is 0 Å². The van der Waals surface area contributed by atoms with Crippen molar-refractivity contribution in [2.75, 3.05) is 33.7 Å². The summed E-state index contributed by atoms with van der Waals surface area (Å²) in [6.07, 6.45) is 0.848. The summed E-state index contributed by atoms with van der Waals surface area (Å²) < 4.78 is 0.972. The summed E-state index contributed by atoms with van der Waals surface area (Å²) in [6, 6.07) is 0.452. The molecule has 1 aliphatic heterocycles.